The average Bonchev–Trinajstić information content (AvgIpc) is 2.28. The molecule has 0 heterocycles. The lowest BCUT2D eigenvalue weighted by Crippen LogP contribution is -2.45. The van der Waals surface area contributed by atoms with Crippen LogP contribution in [0.25, 0.3) is 0 Å². The van der Waals surface area contributed by atoms with Gasteiger partial charge in [-0.3, -0.25) is 4.79 Å². The van der Waals surface area contributed by atoms with Crippen LogP contribution in [0.3, 0.4) is 0 Å². The number of carboxylic acids is 1. The molecule has 19 heavy (non-hydrogen) atoms. The van der Waals surface area contributed by atoms with E-state index in [1.807, 2.05) is 20.8 Å². The van der Waals surface area contributed by atoms with Gasteiger partial charge in [-0.1, -0.05) is 32.4 Å². The van der Waals surface area contributed by atoms with E-state index in [-0.39, 0.29) is 16.3 Å². The van der Waals surface area contributed by atoms with Crippen LogP contribution in [-0.4, -0.2) is 23.0 Å². The molecule has 0 aromatic heterocycles. The Balaban J connectivity index is 3.00. The van der Waals surface area contributed by atoms with Crippen molar-refractivity contribution in [3.63, 3.8) is 0 Å². The Kier molecular flexibility index (Phi) is 4.55. The summed E-state index contributed by atoms with van der Waals surface area (Å²) in [7, 11) is 0. The summed E-state index contributed by atoms with van der Waals surface area (Å²) in [5.41, 5.74) is 5.51. The number of rotatable bonds is 3. The highest BCUT2D eigenvalue weighted by atomic mass is 35.5. The van der Waals surface area contributed by atoms with Crippen LogP contribution in [0.4, 0.5) is 5.69 Å². The number of carboxylic acid groups (broad SMARTS) is 1. The van der Waals surface area contributed by atoms with Crippen molar-refractivity contribution in [1.29, 1.82) is 0 Å². The third-order valence-corrected chi connectivity index (χ3v) is 2.92. The Labute approximate surface area is 116 Å². The number of halogens is 1. The van der Waals surface area contributed by atoms with Crippen molar-refractivity contribution in [2.75, 3.05) is 5.32 Å². The minimum atomic E-state index is -1.16. The van der Waals surface area contributed by atoms with Crippen LogP contribution in [0.5, 0.6) is 0 Å². The van der Waals surface area contributed by atoms with Crippen molar-refractivity contribution in [2.24, 2.45) is 11.1 Å². The summed E-state index contributed by atoms with van der Waals surface area (Å²) < 4.78 is 0. The maximum atomic E-state index is 12.0. The standard InChI is InChI=1S/C13H17ClN2O3/c1-13(2,3)10(15)11(17)16-9-5-4-7(14)6-8(9)12(18)19/h4-6,10H,15H2,1-3H3,(H,16,17)(H,18,19). The molecule has 0 aliphatic carbocycles. The molecule has 1 unspecified atom stereocenters. The van der Waals surface area contributed by atoms with Crippen LogP contribution >= 0.6 is 11.6 Å². The van der Waals surface area contributed by atoms with Crippen molar-refractivity contribution >= 4 is 29.2 Å². The molecule has 0 saturated carbocycles. The van der Waals surface area contributed by atoms with E-state index in [4.69, 9.17) is 22.4 Å². The molecule has 1 aromatic rings. The van der Waals surface area contributed by atoms with Gasteiger partial charge < -0.3 is 16.2 Å². The Morgan fingerprint density at radius 1 is 1.37 bits per heavy atom. The van der Waals surface area contributed by atoms with Gasteiger partial charge in [0.15, 0.2) is 0 Å². The van der Waals surface area contributed by atoms with E-state index < -0.39 is 23.3 Å². The smallest absolute Gasteiger partial charge is 0.337 e. The molecule has 6 heteroatoms. The van der Waals surface area contributed by atoms with E-state index in [1.54, 1.807) is 0 Å². The number of amides is 1. The third-order valence-electron chi connectivity index (χ3n) is 2.69. The number of benzene rings is 1. The molecule has 5 nitrogen and oxygen atoms in total. The Bertz CT molecular complexity index is 509. The van der Waals surface area contributed by atoms with Gasteiger partial charge in [-0.05, 0) is 23.6 Å². The van der Waals surface area contributed by atoms with E-state index >= 15 is 0 Å². The van der Waals surface area contributed by atoms with E-state index in [0.29, 0.717) is 0 Å². The number of hydrogen-bond acceptors (Lipinski definition) is 3. The summed E-state index contributed by atoms with van der Waals surface area (Å²) in [6, 6.07) is 3.48. The van der Waals surface area contributed by atoms with E-state index in [2.05, 4.69) is 5.32 Å². The molecule has 0 aliphatic rings. The van der Waals surface area contributed by atoms with E-state index in [1.165, 1.54) is 18.2 Å². The minimum Gasteiger partial charge on any atom is -0.478 e. The maximum Gasteiger partial charge on any atom is 0.337 e. The molecule has 1 atom stereocenters. The second-order valence-electron chi connectivity index (χ2n) is 5.33. The molecule has 104 valence electrons. The van der Waals surface area contributed by atoms with Gasteiger partial charge in [-0.2, -0.15) is 0 Å². The number of nitrogens with two attached hydrogens (primary N) is 1. The van der Waals surface area contributed by atoms with Crippen molar-refractivity contribution in [2.45, 2.75) is 26.8 Å². The first-order chi connectivity index (χ1) is 8.62. The normalized spacial score (nSPS) is 12.9. The number of hydrogen-bond donors (Lipinski definition) is 3. The first-order valence-electron chi connectivity index (χ1n) is 5.72. The lowest BCUT2D eigenvalue weighted by Gasteiger charge is -2.26. The molecule has 1 amide bonds. The molecule has 0 spiro atoms. The fourth-order valence-corrected chi connectivity index (χ4v) is 1.58. The largest absolute Gasteiger partial charge is 0.478 e. The van der Waals surface area contributed by atoms with Gasteiger partial charge >= 0.3 is 5.97 Å². The second kappa shape index (κ2) is 5.59. The van der Waals surface area contributed by atoms with Gasteiger partial charge in [0.25, 0.3) is 0 Å². The number of anilines is 1. The van der Waals surface area contributed by atoms with Gasteiger partial charge in [0.1, 0.15) is 0 Å². The van der Waals surface area contributed by atoms with E-state index in [9.17, 15) is 9.59 Å². The predicted octanol–water partition coefficient (Wildman–Crippen LogP) is 2.35. The highest BCUT2D eigenvalue weighted by Crippen LogP contribution is 2.23. The molecule has 1 rings (SSSR count). The Morgan fingerprint density at radius 2 is 1.95 bits per heavy atom. The van der Waals surface area contributed by atoms with Gasteiger partial charge in [-0.25, -0.2) is 4.79 Å². The van der Waals surface area contributed by atoms with Crippen molar-refractivity contribution in [3.05, 3.63) is 28.8 Å². The summed E-state index contributed by atoms with van der Waals surface area (Å²) in [5, 5.41) is 11.9. The fourth-order valence-electron chi connectivity index (χ4n) is 1.41. The molecular formula is C13H17ClN2O3. The Hall–Kier alpha value is -1.59. The topological polar surface area (TPSA) is 92.4 Å². The van der Waals surface area contributed by atoms with Crippen LogP contribution < -0.4 is 11.1 Å². The molecule has 0 fully saturated rings. The molecule has 4 N–H and O–H groups in total. The quantitative estimate of drug-likeness (QED) is 0.794. The summed E-state index contributed by atoms with van der Waals surface area (Å²) in [6.45, 7) is 5.49. The minimum absolute atomic E-state index is 0.0676. The fraction of sp³-hybridized carbons (Fsp3) is 0.385. The van der Waals surface area contributed by atoms with Crippen LogP contribution in [0.15, 0.2) is 18.2 Å². The molecule has 0 saturated heterocycles. The van der Waals surface area contributed by atoms with Gasteiger partial charge in [0.2, 0.25) is 5.91 Å². The second-order valence-corrected chi connectivity index (χ2v) is 5.76. The monoisotopic (exact) mass is 284 g/mol. The van der Waals surface area contributed by atoms with Gasteiger partial charge in [0.05, 0.1) is 17.3 Å². The van der Waals surface area contributed by atoms with Crippen molar-refractivity contribution < 1.29 is 14.7 Å². The zero-order valence-electron chi connectivity index (χ0n) is 11.0. The van der Waals surface area contributed by atoms with Crippen LogP contribution in [0, 0.1) is 5.41 Å². The van der Waals surface area contributed by atoms with Gasteiger partial charge in [-0.15, -0.1) is 0 Å². The maximum absolute atomic E-state index is 12.0. The first-order valence-corrected chi connectivity index (χ1v) is 6.10. The van der Waals surface area contributed by atoms with Crippen molar-refractivity contribution in [3.8, 4) is 0 Å². The zero-order valence-corrected chi connectivity index (χ0v) is 11.8. The Morgan fingerprint density at radius 3 is 2.42 bits per heavy atom. The highest BCUT2D eigenvalue weighted by Gasteiger charge is 2.28. The lowest BCUT2D eigenvalue weighted by atomic mass is 9.87. The first kappa shape index (κ1) is 15.5. The molecule has 1 aromatic carbocycles. The molecule has 0 radical (unpaired) electrons. The predicted molar refractivity (Wildman–Crippen MR) is 74.5 cm³/mol. The summed E-state index contributed by atoms with van der Waals surface area (Å²) in [5.74, 6) is -1.60. The number of carbonyl (C=O) groups is 2. The summed E-state index contributed by atoms with van der Waals surface area (Å²) in [4.78, 5) is 23.0. The third kappa shape index (κ3) is 3.94. The van der Waals surface area contributed by atoms with Crippen LogP contribution in [0.2, 0.25) is 5.02 Å². The van der Waals surface area contributed by atoms with Gasteiger partial charge in [0, 0.05) is 5.02 Å². The average molecular weight is 285 g/mol. The molecular weight excluding hydrogens is 268 g/mol. The molecule has 0 bridgehead atoms. The summed E-state index contributed by atoms with van der Waals surface area (Å²) in [6.07, 6.45) is 0. The number of nitrogens with one attached hydrogen (secondary N) is 1. The SMILES string of the molecule is CC(C)(C)C(N)C(=O)Nc1ccc(Cl)cc1C(=O)O. The van der Waals surface area contributed by atoms with Crippen LogP contribution in [-0.2, 0) is 4.79 Å². The zero-order chi connectivity index (χ0) is 14.8. The number of carbonyl (C=O) groups excluding carboxylic acids is 1. The number of aromatic carboxylic acids is 1. The highest BCUT2D eigenvalue weighted by molar-refractivity contribution is 6.31. The van der Waals surface area contributed by atoms with E-state index in [0.717, 1.165) is 0 Å². The summed E-state index contributed by atoms with van der Waals surface area (Å²) >= 11 is 5.73. The lowest BCUT2D eigenvalue weighted by molar-refractivity contribution is -0.119. The van der Waals surface area contributed by atoms with Crippen molar-refractivity contribution in [1.82, 2.24) is 0 Å². The van der Waals surface area contributed by atoms with Crippen LogP contribution in [0.1, 0.15) is 31.1 Å². The molecule has 0 aliphatic heterocycles.